The van der Waals surface area contributed by atoms with Gasteiger partial charge in [0.05, 0.1) is 10.6 Å². The van der Waals surface area contributed by atoms with Gasteiger partial charge in [-0.1, -0.05) is 37.9 Å². The zero-order chi connectivity index (χ0) is 25.1. The lowest BCUT2D eigenvalue weighted by Gasteiger charge is -2.09. The predicted octanol–water partition coefficient (Wildman–Crippen LogP) is 3.86. The van der Waals surface area contributed by atoms with Gasteiger partial charge in [0.2, 0.25) is 11.7 Å². The maximum absolute atomic E-state index is 13.2. The number of aromatic nitrogens is 6. The molecule has 4 rings (SSSR count). The quantitative estimate of drug-likeness (QED) is 0.0920. The molecular weight excluding hydrogens is 540 g/mol. The number of nitrogens with one attached hydrogen (secondary N) is 1. The fourth-order valence-corrected chi connectivity index (χ4v) is 4.37. The second kappa shape index (κ2) is 10.6. The first-order chi connectivity index (χ1) is 16.8. The van der Waals surface area contributed by atoms with Crippen LogP contribution in [0.1, 0.15) is 44.0 Å². The number of hydrogen-bond donors (Lipinski definition) is 3. The van der Waals surface area contributed by atoms with Gasteiger partial charge in [0, 0.05) is 18.7 Å². The number of rotatable bonds is 9. The van der Waals surface area contributed by atoms with Gasteiger partial charge < -0.3 is 14.9 Å². The van der Waals surface area contributed by atoms with Gasteiger partial charge in [-0.3, -0.25) is 9.36 Å². The second-order valence-electron chi connectivity index (χ2n) is 7.91. The standard InChI is InChI=1S/C22H24BrClN8O3/c1-3-4-5-10-31-18-17(27-21(23)28-18)20(34)32-16(29-30-22(31)32)9-6-12(2)26-19(35-25)14-8-7-13(33)11-15(14)24/h7-8,11,33H,2-6,9-10,25H2,1H3,(H,27,28). The highest BCUT2D eigenvalue weighted by Gasteiger charge is 2.19. The minimum Gasteiger partial charge on any atom is -0.508 e. The normalized spacial score (nSPS) is 12.1. The smallest absolute Gasteiger partial charge is 0.286 e. The summed E-state index contributed by atoms with van der Waals surface area (Å²) >= 11 is 9.49. The highest BCUT2D eigenvalue weighted by atomic mass is 79.9. The highest BCUT2D eigenvalue weighted by Crippen LogP contribution is 2.23. The Bertz CT molecular complexity index is 1490. The van der Waals surface area contributed by atoms with E-state index in [-0.39, 0.29) is 22.2 Å². The Hall–Kier alpha value is -3.22. The molecule has 0 saturated carbocycles. The fourth-order valence-electron chi connectivity index (χ4n) is 3.75. The van der Waals surface area contributed by atoms with Crippen LogP contribution < -0.4 is 11.5 Å². The van der Waals surface area contributed by atoms with Crippen molar-refractivity contribution in [3.05, 3.63) is 62.0 Å². The van der Waals surface area contributed by atoms with E-state index in [2.05, 4.69) is 54.6 Å². The van der Waals surface area contributed by atoms with Crippen LogP contribution in [-0.4, -0.2) is 40.1 Å². The third-order valence-corrected chi connectivity index (χ3v) is 6.15. The monoisotopic (exact) mass is 562 g/mol. The number of nitrogens with zero attached hydrogens (tertiary/aromatic N) is 6. The van der Waals surface area contributed by atoms with Crippen molar-refractivity contribution in [2.45, 2.75) is 45.6 Å². The number of allylic oxidation sites excluding steroid dienone is 1. The van der Waals surface area contributed by atoms with Crippen molar-refractivity contribution in [1.29, 1.82) is 0 Å². The molecule has 4 N–H and O–H groups in total. The molecule has 0 unspecified atom stereocenters. The Morgan fingerprint density at radius 1 is 1.37 bits per heavy atom. The number of aryl methyl sites for hydroxylation is 2. The molecule has 3 aromatic heterocycles. The van der Waals surface area contributed by atoms with Crippen LogP contribution in [0.3, 0.4) is 0 Å². The van der Waals surface area contributed by atoms with E-state index in [1.54, 1.807) is 0 Å². The molecule has 35 heavy (non-hydrogen) atoms. The van der Waals surface area contributed by atoms with Crippen LogP contribution in [0, 0.1) is 0 Å². The average Bonchev–Trinajstić information content (AvgIpc) is 3.42. The number of halogens is 2. The number of phenols is 1. The third kappa shape index (κ3) is 5.09. The van der Waals surface area contributed by atoms with Crippen molar-refractivity contribution >= 4 is 50.4 Å². The molecule has 13 heteroatoms. The van der Waals surface area contributed by atoms with Crippen molar-refractivity contribution in [3.8, 4) is 5.75 Å². The maximum atomic E-state index is 13.2. The summed E-state index contributed by atoms with van der Waals surface area (Å²) < 4.78 is 3.87. The van der Waals surface area contributed by atoms with Gasteiger partial charge in [-0.2, -0.15) is 5.90 Å². The lowest BCUT2D eigenvalue weighted by Crippen LogP contribution is -2.21. The van der Waals surface area contributed by atoms with Gasteiger partial charge >= 0.3 is 0 Å². The van der Waals surface area contributed by atoms with Crippen molar-refractivity contribution in [2.75, 3.05) is 0 Å². The van der Waals surface area contributed by atoms with E-state index >= 15 is 0 Å². The number of aromatic amines is 1. The summed E-state index contributed by atoms with van der Waals surface area (Å²) in [7, 11) is 0. The molecule has 4 aromatic rings. The van der Waals surface area contributed by atoms with E-state index in [1.807, 2.05) is 4.57 Å². The molecule has 0 amide bonds. The SMILES string of the molecule is C=C(CCc1nnc2n(CCCCC)c3nc(Br)[nH]c3c(=O)n12)N=C(ON)c1ccc(O)cc1Cl. The van der Waals surface area contributed by atoms with Crippen LogP contribution in [0.15, 0.2) is 45.0 Å². The Kier molecular flexibility index (Phi) is 7.53. The van der Waals surface area contributed by atoms with Crippen LogP contribution >= 0.6 is 27.5 Å². The van der Waals surface area contributed by atoms with Crippen molar-refractivity contribution in [1.82, 2.24) is 29.1 Å². The van der Waals surface area contributed by atoms with Gasteiger partial charge in [-0.05, 0) is 47.0 Å². The first kappa shape index (κ1) is 24.9. The lowest BCUT2D eigenvalue weighted by molar-refractivity contribution is 0.321. The van der Waals surface area contributed by atoms with Gasteiger partial charge in [-0.25, -0.2) is 14.4 Å². The summed E-state index contributed by atoms with van der Waals surface area (Å²) in [5.41, 5.74) is 1.47. The third-order valence-electron chi connectivity index (χ3n) is 5.46. The van der Waals surface area contributed by atoms with Crippen LogP contribution in [0.2, 0.25) is 5.02 Å². The molecule has 0 aliphatic carbocycles. The first-order valence-electron chi connectivity index (χ1n) is 11.0. The van der Waals surface area contributed by atoms with Gasteiger partial charge in [0.25, 0.3) is 5.56 Å². The molecule has 11 nitrogen and oxygen atoms in total. The second-order valence-corrected chi connectivity index (χ2v) is 9.07. The van der Waals surface area contributed by atoms with E-state index in [0.717, 1.165) is 19.3 Å². The number of aliphatic imine (C=N–C) groups is 1. The number of phenolic OH excluding ortho intramolecular Hbond substituents is 1. The average molecular weight is 564 g/mol. The summed E-state index contributed by atoms with van der Waals surface area (Å²) in [5.74, 6) is 6.35. The number of imidazole rings is 1. The van der Waals surface area contributed by atoms with E-state index in [9.17, 15) is 9.90 Å². The number of hydrogen-bond acceptors (Lipinski definition) is 8. The molecule has 0 aliphatic rings. The molecule has 0 spiro atoms. The number of H-pyrrole nitrogens is 1. The van der Waals surface area contributed by atoms with E-state index < -0.39 is 0 Å². The van der Waals surface area contributed by atoms with Crippen molar-refractivity contribution < 1.29 is 9.94 Å². The number of benzene rings is 1. The molecule has 0 bridgehead atoms. The zero-order valence-corrected chi connectivity index (χ0v) is 21.3. The number of nitrogens with two attached hydrogens (primary N) is 1. The lowest BCUT2D eigenvalue weighted by atomic mass is 10.2. The van der Waals surface area contributed by atoms with Crippen molar-refractivity contribution in [3.63, 3.8) is 0 Å². The maximum Gasteiger partial charge on any atom is 0.286 e. The summed E-state index contributed by atoms with van der Waals surface area (Å²) in [6.45, 7) is 6.74. The van der Waals surface area contributed by atoms with Crippen LogP contribution in [-0.2, 0) is 17.8 Å². The molecule has 0 saturated heterocycles. The van der Waals surface area contributed by atoms with Crippen LogP contribution in [0.25, 0.3) is 16.9 Å². The largest absolute Gasteiger partial charge is 0.508 e. The van der Waals surface area contributed by atoms with Crippen LogP contribution in [0.4, 0.5) is 0 Å². The summed E-state index contributed by atoms with van der Waals surface area (Å²) in [6.07, 6.45) is 3.72. The highest BCUT2D eigenvalue weighted by molar-refractivity contribution is 9.10. The molecule has 0 atom stereocenters. The molecule has 0 fully saturated rings. The predicted molar refractivity (Wildman–Crippen MR) is 137 cm³/mol. The first-order valence-corrected chi connectivity index (χ1v) is 12.1. The van der Waals surface area contributed by atoms with E-state index in [1.165, 1.54) is 22.6 Å². The van der Waals surface area contributed by atoms with Crippen LogP contribution in [0.5, 0.6) is 5.75 Å². The summed E-state index contributed by atoms with van der Waals surface area (Å²) in [5, 5.41) is 18.3. The van der Waals surface area contributed by atoms with Crippen molar-refractivity contribution in [2.24, 2.45) is 10.9 Å². The fraction of sp³-hybridized carbons (Fsp3) is 0.318. The molecule has 3 heterocycles. The Labute approximate surface area is 213 Å². The Morgan fingerprint density at radius 3 is 2.89 bits per heavy atom. The van der Waals surface area contributed by atoms with E-state index in [0.29, 0.717) is 58.1 Å². The van der Waals surface area contributed by atoms with Gasteiger partial charge in [-0.15, -0.1) is 10.2 Å². The number of aromatic hydroxyl groups is 1. The molecular formula is C22H24BrClN8O3. The van der Waals surface area contributed by atoms with E-state index in [4.69, 9.17) is 22.3 Å². The Balaban J connectivity index is 1.64. The van der Waals surface area contributed by atoms with Gasteiger partial charge in [0.15, 0.2) is 15.9 Å². The number of unbranched alkanes of at least 4 members (excludes halogenated alkanes) is 2. The Morgan fingerprint density at radius 2 is 2.17 bits per heavy atom. The number of fused-ring (bicyclic) bond motifs is 2. The minimum atomic E-state index is -0.282. The molecule has 184 valence electrons. The molecule has 0 aliphatic heterocycles. The van der Waals surface area contributed by atoms with Gasteiger partial charge in [0.1, 0.15) is 11.6 Å². The molecule has 1 aromatic carbocycles. The topological polar surface area (TPSA) is 149 Å². The summed E-state index contributed by atoms with van der Waals surface area (Å²) in [6, 6.07) is 4.34. The minimum absolute atomic E-state index is 0.00591. The summed E-state index contributed by atoms with van der Waals surface area (Å²) in [4.78, 5) is 29.9. The zero-order valence-electron chi connectivity index (χ0n) is 19.0. The molecule has 0 radical (unpaired) electrons.